The van der Waals surface area contributed by atoms with Gasteiger partial charge in [-0.1, -0.05) is 35.3 Å². The smallest absolute Gasteiger partial charge is 0.362 e. The monoisotopic (exact) mass is 420 g/mol. The van der Waals surface area contributed by atoms with Crippen LogP contribution in [0.4, 0.5) is 24.5 Å². The number of ether oxygens (including phenoxy) is 1. The van der Waals surface area contributed by atoms with Crippen molar-refractivity contribution in [2.24, 2.45) is 0 Å². The molecular weight excluding hydrogens is 408 g/mol. The van der Waals surface area contributed by atoms with Gasteiger partial charge in [-0.15, -0.1) is 0 Å². The molecule has 0 aliphatic carbocycles. The fourth-order valence-corrected chi connectivity index (χ4v) is 2.34. The summed E-state index contributed by atoms with van der Waals surface area (Å²) in [5.41, 5.74) is -0.640. The van der Waals surface area contributed by atoms with E-state index in [4.69, 9.17) is 27.9 Å². The van der Waals surface area contributed by atoms with Gasteiger partial charge in [-0.05, 0) is 30.3 Å². The van der Waals surface area contributed by atoms with Crippen molar-refractivity contribution in [3.05, 3.63) is 58.1 Å². The molecule has 144 valence electrons. The van der Waals surface area contributed by atoms with Gasteiger partial charge in [0.25, 0.3) is 0 Å². The van der Waals surface area contributed by atoms with Crippen molar-refractivity contribution in [3.8, 4) is 0 Å². The van der Waals surface area contributed by atoms with Crippen LogP contribution in [0.15, 0.2) is 42.5 Å². The third-order valence-electron chi connectivity index (χ3n) is 3.17. The molecule has 0 aliphatic heterocycles. The topological polar surface area (TPSA) is 67.4 Å². The molecule has 0 saturated heterocycles. The Balaban J connectivity index is 1.81. The SMILES string of the molecule is O=C(COCC(=O)Nc1cccc(Cl)c1Cl)Nc1cccc(C(F)(F)F)c1. The number of hydrogen-bond acceptors (Lipinski definition) is 3. The van der Waals surface area contributed by atoms with Gasteiger partial charge in [0.05, 0.1) is 21.3 Å². The molecule has 0 unspecified atom stereocenters. The van der Waals surface area contributed by atoms with Crippen molar-refractivity contribution in [3.63, 3.8) is 0 Å². The van der Waals surface area contributed by atoms with Crippen LogP contribution in [0.3, 0.4) is 0 Å². The number of amides is 2. The number of carbonyl (C=O) groups excluding carboxylic acids is 2. The van der Waals surface area contributed by atoms with Crippen LogP contribution in [-0.4, -0.2) is 25.0 Å². The minimum Gasteiger partial charge on any atom is -0.362 e. The maximum atomic E-state index is 12.6. The third-order valence-corrected chi connectivity index (χ3v) is 3.98. The highest BCUT2D eigenvalue weighted by atomic mass is 35.5. The van der Waals surface area contributed by atoms with Gasteiger partial charge >= 0.3 is 6.18 Å². The van der Waals surface area contributed by atoms with Crippen molar-refractivity contribution in [1.82, 2.24) is 0 Å². The zero-order valence-corrected chi connectivity index (χ0v) is 15.1. The van der Waals surface area contributed by atoms with Gasteiger partial charge in [-0.2, -0.15) is 13.2 Å². The molecule has 0 fully saturated rings. The molecule has 0 radical (unpaired) electrons. The van der Waals surface area contributed by atoms with Crippen molar-refractivity contribution < 1.29 is 27.5 Å². The molecule has 5 nitrogen and oxygen atoms in total. The van der Waals surface area contributed by atoms with Crippen molar-refractivity contribution in [2.45, 2.75) is 6.18 Å². The summed E-state index contributed by atoms with van der Waals surface area (Å²) < 4.78 is 42.8. The number of anilines is 2. The Morgan fingerprint density at radius 2 is 1.59 bits per heavy atom. The number of nitrogens with one attached hydrogen (secondary N) is 2. The largest absolute Gasteiger partial charge is 0.416 e. The molecule has 2 aromatic carbocycles. The maximum absolute atomic E-state index is 12.6. The van der Waals surface area contributed by atoms with Gasteiger partial charge in [-0.25, -0.2) is 0 Å². The average Bonchev–Trinajstić information content (AvgIpc) is 2.58. The first-order chi connectivity index (χ1) is 12.7. The van der Waals surface area contributed by atoms with E-state index in [0.29, 0.717) is 0 Å². The Morgan fingerprint density at radius 3 is 2.26 bits per heavy atom. The number of carbonyl (C=O) groups is 2. The number of alkyl halides is 3. The van der Waals surface area contributed by atoms with Gasteiger partial charge in [0.2, 0.25) is 11.8 Å². The fourth-order valence-electron chi connectivity index (χ4n) is 1.99. The van der Waals surface area contributed by atoms with Gasteiger partial charge in [0.1, 0.15) is 13.2 Å². The van der Waals surface area contributed by atoms with Crippen molar-refractivity contribution in [1.29, 1.82) is 0 Å². The molecule has 0 aliphatic rings. The van der Waals surface area contributed by atoms with E-state index in [-0.39, 0.29) is 21.4 Å². The van der Waals surface area contributed by atoms with E-state index >= 15 is 0 Å². The van der Waals surface area contributed by atoms with Crippen LogP contribution in [-0.2, 0) is 20.5 Å². The van der Waals surface area contributed by atoms with Crippen LogP contribution in [0.1, 0.15) is 5.56 Å². The number of rotatable bonds is 6. The highest BCUT2D eigenvalue weighted by molar-refractivity contribution is 6.44. The first kappa shape index (κ1) is 21.0. The predicted molar refractivity (Wildman–Crippen MR) is 96.0 cm³/mol. The highest BCUT2D eigenvalue weighted by Gasteiger charge is 2.30. The number of hydrogen-bond donors (Lipinski definition) is 2. The minimum absolute atomic E-state index is 0.0337. The zero-order valence-electron chi connectivity index (χ0n) is 13.6. The molecule has 0 atom stereocenters. The van der Waals surface area contributed by atoms with Crippen LogP contribution in [0.25, 0.3) is 0 Å². The van der Waals surface area contributed by atoms with Crippen molar-refractivity contribution >= 4 is 46.4 Å². The van der Waals surface area contributed by atoms with Crippen LogP contribution in [0.2, 0.25) is 10.0 Å². The lowest BCUT2D eigenvalue weighted by atomic mass is 10.2. The molecule has 2 N–H and O–H groups in total. The Labute approximate surface area is 162 Å². The molecule has 2 rings (SSSR count). The van der Waals surface area contributed by atoms with Crippen LogP contribution < -0.4 is 10.6 Å². The van der Waals surface area contributed by atoms with Gasteiger partial charge in [-0.3, -0.25) is 9.59 Å². The molecular formula is C17H13Cl2F3N2O3. The second-order valence-electron chi connectivity index (χ2n) is 5.27. The Hall–Kier alpha value is -2.29. The third kappa shape index (κ3) is 6.42. The van der Waals surface area contributed by atoms with Crippen LogP contribution >= 0.6 is 23.2 Å². The molecule has 2 amide bonds. The number of benzene rings is 2. The zero-order chi connectivity index (χ0) is 20.0. The highest BCUT2D eigenvalue weighted by Crippen LogP contribution is 2.31. The molecule has 27 heavy (non-hydrogen) atoms. The molecule has 0 aromatic heterocycles. The summed E-state index contributed by atoms with van der Waals surface area (Å²) in [5, 5.41) is 5.14. The average molecular weight is 421 g/mol. The summed E-state index contributed by atoms with van der Waals surface area (Å²) in [5.74, 6) is -1.28. The molecule has 0 saturated carbocycles. The minimum atomic E-state index is -4.52. The van der Waals surface area contributed by atoms with E-state index in [1.54, 1.807) is 12.1 Å². The summed E-state index contributed by atoms with van der Waals surface area (Å²) in [6.07, 6.45) is -4.52. The van der Waals surface area contributed by atoms with Crippen LogP contribution in [0.5, 0.6) is 0 Å². The summed E-state index contributed by atoms with van der Waals surface area (Å²) in [7, 11) is 0. The molecule has 10 heteroatoms. The predicted octanol–water partition coefficient (Wildman–Crippen LogP) is 4.61. The van der Waals surface area contributed by atoms with E-state index in [9.17, 15) is 22.8 Å². The molecule has 0 bridgehead atoms. The van der Waals surface area contributed by atoms with E-state index in [0.717, 1.165) is 12.1 Å². The summed E-state index contributed by atoms with van der Waals surface area (Å²) in [6.45, 7) is -0.980. The quantitative estimate of drug-likeness (QED) is 0.716. The second-order valence-corrected chi connectivity index (χ2v) is 6.05. The van der Waals surface area contributed by atoms with Gasteiger partial charge < -0.3 is 15.4 Å². The number of halogens is 5. The van der Waals surface area contributed by atoms with Crippen molar-refractivity contribution in [2.75, 3.05) is 23.8 Å². The Bertz CT molecular complexity index is 844. The fraction of sp³-hybridized carbons (Fsp3) is 0.176. The first-order valence-electron chi connectivity index (χ1n) is 7.45. The van der Waals surface area contributed by atoms with Crippen LogP contribution in [0, 0.1) is 0 Å². The normalized spacial score (nSPS) is 11.1. The maximum Gasteiger partial charge on any atom is 0.416 e. The lowest BCUT2D eigenvalue weighted by Gasteiger charge is -2.10. The second kappa shape index (κ2) is 9.07. The summed E-state index contributed by atoms with van der Waals surface area (Å²) in [6, 6.07) is 8.83. The molecule has 2 aromatic rings. The lowest BCUT2D eigenvalue weighted by molar-refractivity contribution is -0.137. The van der Waals surface area contributed by atoms with E-state index in [1.165, 1.54) is 18.2 Å². The van der Waals surface area contributed by atoms with E-state index in [1.807, 2.05) is 0 Å². The van der Waals surface area contributed by atoms with Gasteiger partial charge in [0.15, 0.2) is 0 Å². The molecule has 0 heterocycles. The van der Waals surface area contributed by atoms with E-state index < -0.39 is 36.8 Å². The van der Waals surface area contributed by atoms with E-state index in [2.05, 4.69) is 10.6 Å². The molecule has 0 spiro atoms. The lowest BCUT2D eigenvalue weighted by Crippen LogP contribution is -2.24. The summed E-state index contributed by atoms with van der Waals surface area (Å²) >= 11 is 11.7. The standard InChI is InChI=1S/C17H13Cl2F3N2O3/c18-12-5-2-6-13(16(12)19)24-15(26)9-27-8-14(25)23-11-4-1-3-10(7-11)17(20,21)22/h1-7H,8-9H2,(H,23,25)(H,24,26). The summed E-state index contributed by atoms with van der Waals surface area (Å²) in [4.78, 5) is 23.5. The van der Waals surface area contributed by atoms with Gasteiger partial charge in [0, 0.05) is 5.69 Å². The Kier molecular flexibility index (Phi) is 7.06. The Morgan fingerprint density at radius 1 is 0.963 bits per heavy atom. The first-order valence-corrected chi connectivity index (χ1v) is 8.21.